The number of furan rings is 1. The van der Waals surface area contributed by atoms with Gasteiger partial charge in [0.2, 0.25) is 0 Å². The van der Waals surface area contributed by atoms with E-state index in [-0.39, 0.29) is 33.9 Å². The maximum atomic E-state index is 6.64. The predicted molar refractivity (Wildman–Crippen MR) is 317 cm³/mol. The van der Waals surface area contributed by atoms with Crippen LogP contribution in [0.1, 0.15) is 130 Å². The molecule has 3 aliphatic heterocycles. The first-order valence-electron chi connectivity index (χ1n) is 27.3. The van der Waals surface area contributed by atoms with Crippen LogP contribution in [0.5, 0.6) is 0 Å². The third-order valence-corrected chi connectivity index (χ3v) is 18.1. The van der Waals surface area contributed by atoms with Crippen LogP contribution in [0, 0.1) is 6.92 Å². The number of hydrogen-bond donors (Lipinski definition) is 0. The molecule has 2 atom stereocenters. The van der Waals surface area contributed by atoms with Gasteiger partial charge in [-0.25, -0.2) is 0 Å². The summed E-state index contributed by atoms with van der Waals surface area (Å²) in [6.07, 6.45) is 4.80. The van der Waals surface area contributed by atoms with Crippen molar-refractivity contribution >= 4 is 90.5 Å². The van der Waals surface area contributed by atoms with Crippen molar-refractivity contribution in [2.24, 2.45) is 0 Å². The standard InChI is InChI=1S/C69H70BN3O/c1-43-36-60-64-61(37-43)72(56-31-24-45(65(2,3)4)38-52(56)44-20-14-13-15-21-44)59-41-49(73-57-32-25-46(66(5,6)7)39-53(57)68(11)34-18-19-35-69(68,73)12)28-30-54(59)70(64)55-40-47(67(8,9)10)26-33-58(55)71(60)48-27-29-51-50-22-16-17-23-62(50)74-63(51)42-48/h13-17,20-33,36-42H,18-19,34-35H2,1-12H3. The lowest BCUT2D eigenvalue weighted by atomic mass is 9.33. The molecule has 0 bridgehead atoms. The fourth-order valence-electron chi connectivity index (χ4n) is 13.8. The van der Waals surface area contributed by atoms with Crippen molar-refractivity contribution in [2.75, 3.05) is 14.7 Å². The summed E-state index contributed by atoms with van der Waals surface area (Å²) in [7, 11) is 0. The SMILES string of the molecule is Cc1cc2c3c(c1)N(c1ccc(C(C)(C)C)cc1-c1ccccc1)c1cc(N4c5ccc(C(C)(C)C)cc5C5(C)CCCCC45C)ccc1B3c1cc(C(C)(C)C)ccc1N2c1ccc2c(c1)oc1ccccc12. The van der Waals surface area contributed by atoms with Crippen molar-refractivity contribution in [1.29, 1.82) is 0 Å². The highest BCUT2D eigenvalue weighted by molar-refractivity contribution is 7.00. The number of para-hydroxylation sites is 1. The van der Waals surface area contributed by atoms with Gasteiger partial charge in [0.05, 0.1) is 11.2 Å². The van der Waals surface area contributed by atoms with E-state index in [0.717, 1.165) is 34.0 Å². The summed E-state index contributed by atoms with van der Waals surface area (Å²) in [6.45, 7) is 28.5. The Kier molecular flexibility index (Phi) is 10.1. The second kappa shape index (κ2) is 16.0. The summed E-state index contributed by atoms with van der Waals surface area (Å²) < 4.78 is 6.64. The molecule has 9 aromatic rings. The first kappa shape index (κ1) is 46.8. The fraction of sp³-hybridized carbons (Fsp3) is 0.304. The smallest absolute Gasteiger partial charge is 0.252 e. The van der Waals surface area contributed by atoms with Gasteiger partial charge in [0, 0.05) is 67.6 Å². The van der Waals surface area contributed by atoms with Crippen molar-refractivity contribution in [2.45, 2.75) is 136 Å². The largest absolute Gasteiger partial charge is 0.456 e. The topological polar surface area (TPSA) is 22.9 Å². The van der Waals surface area contributed by atoms with Crippen molar-refractivity contribution < 1.29 is 4.42 Å². The Balaban J connectivity index is 1.11. The zero-order chi connectivity index (χ0) is 51.4. The lowest BCUT2D eigenvalue weighted by Gasteiger charge is -2.51. The molecule has 0 spiro atoms. The Labute approximate surface area is 440 Å². The molecule has 1 aromatic heterocycles. The highest BCUT2D eigenvalue weighted by Gasteiger charge is 2.58. The average Bonchev–Trinajstić information content (AvgIpc) is 3.85. The third kappa shape index (κ3) is 6.87. The van der Waals surface area contributed by atoms with Crippen LogP contribution >= 0.6 is 0 Å². The number of nitrogens with zero attached hydrogens (tertiary/aromatic N) is 3. The molecule has 13 rings (SSSR count). The number of rotatable bonds is 4. The Morgan fingerprint density at radius 1 is 0.473 bits per heavy atom. The minimum Gasteiger partial charge on any atom is -0.456 e. The Morgan fingerprint density at radius 2 is 1.08 bits per heavy atom. The summed E-state index contributed by atoms with van der Waals surface area (Å²) in [5.74, 6) is 0. The van der Waals surface area contributed by atoms with Crippen molar-refractivity contribution in [3.8, 4) is 11.1 Å². The molecular formula is C69H70BN3O. The maximum absolute atomic E-state index is 6.64. The Bertz CT molecular complexity index is 3770. The average molecular weight is 968 g/mol. The maximum Gasteiger partial charge on any atom is 0.252 e. The van der Waals surface area contributed by atoms with Crippen LogP contribution in [0.4, 0.5) is 45.5 Å². The number of anilines is 8. The molecule has 0 amide bonds. The van der Waals surface area contributed by atoms with Crippen LogP contribution in [0.3, 0.4) is 0 Å². The van der Waals surface area contributed by atoms with Gasteiger partial charge >= 0.3 is 0 Å². The van der Waals surface area contributed by atoms with E-state index in [4.69, 9.17) is 4.42 Å². The van der Waals surface area contributed by atoms with E-state index in [1.807, 2.05) is 0 Å². The minimum atomic E-state index is -0.108. The zero-order valence-electron chi connectivity index (χ0n) is 45.7. The molecule has 74 heavy (non-hydrogen) atoms. The highest BCUT2D eigenvalue weighted by Crippen LogP contribution is 2.62. The van der Waals surface area contributed by atoms with Gasteiger partial charge in [0.1, 0.15) is 11.2 Å². The summed E-state index contributed by atoms with van der Waals surface area (Å²) >= 11 is 0. The molecule has 1 saturated carbocycles. The third-order valence-electron chi connectivity index (χ3n) is 18.1. The monoisotopic (exact) mass is 968 g/mol. The zero-order valence-corrected chi connectivity index (χ0v) is 45.7. The second-order valence-corrected chi connectivity index (χ2v) is 25.8. The van der Waals surface area contributed by atoms with Crippen LogP contribution in [-0.4, -0.2) is 12.3 Å². The molecule has 5 heteroatoms. The van der Waals surface area contributed by atoms with E-state index in [9.17, 15) is 0 Å². The number of aryl methyl sites for hydroxylation is 1. The van der Waals surface area contributed by atoms with E-state index in [1.54, 1.807) is 0 Å². The minimum absolute atomic E-state index is 0.000175. The molecule has 4 aliphatic rings. The molecule has 8 aromatic carbocycles. The number of fused-ring (bicyclic) bond motifs is 10. The van der Waals surface area contributed by atoms with E-state index >= 15 is 0 Å². The van der Waals surface area contributed by atoms with Gasteiger partial charge in [-0.2, -0.15) is 0 Å². The Hall–Kier alpha value is -6.98. The van der Waals surface area contributed by atoms with Gasteiger partial charge in [-0.3, -0.25) is 0 Å². The van der Waals surface area contributed by atoms with E-state index in [1.165, 1.54) is 114 Å². The molecule has 0 saturated heterocycles. The predicted octanol–water partition coefficient (Wildman–Crippen LogP) is 17.3. The molecule has 1 aliphatic carbocycles. The molecule has 0 N–H and O–H groups in total. The van der Waals surface area contributed by atoms with Crippen molar-refractivity contribution in [1.82, 2.24) is 0 Å². The molecule has 2 unspecified atom stereocenters. The van der Waals surface area contributed by atoms with Crippen LogP contribution in [0.25, 0.3) is 33.1 Å². The lowest BCUT2D eigenvalue weighted by Crippen LogP contribution is -2.61. The highest BCUT2D eigenvalue weighted by atomic mass is 16.3. The Morgan fingerprint density at radius 3 is 1.81 bits per heavy atom. The molecule has 4 heterocycles. The normalized spacial score (nSPS) is 19.1. The molecule has 370 valence electrons. The molecular weight excluding hydrogens is 898 g/mol. The molecule has 1 fully saturated rings. The van der Waals surface area contributed by atoms with Crippen molar-refractivity contribution in [3.05, 3.63) is 186 Å². The molecule has 4 nitrogen and oxygen atoms in total. The second-order valence-electron chi connectivity index (χ2n) is 25.8. The fourth-order valence-corrected chi connectivity index (χ4v) is 13.8. The van der Waals surface area contributed by atoms with E-state index < -0.39 is 0 Å². The van der Waals surface area contributed by atoms with Crippen LogP contribution in [0.15, 0.2) is 162 Å². The summed E-state index contributed by atoms with van der Waals surface area (Å²) in [5.41, 5.74) is 24.6. The van der Waals surface area contributed by atoms with Crippen molar-refractivity contribution in [3.63, 3.8) is 0 Å². The van der Waals surface area contributed by atoms with Gasteiger partial charge in [-0.05, 0) is 159 Å². The number of hydrogen-bond acceptors (Lipinski definition) is 4. The van der Waals surface area contributed by atoms with E-state index in [0.29, 0.717) is 0 Å². The van der Waals surface area contributed by atoms with Crippen LogP contribution in [-0.2, 0) is 21.7 Å². The van der Waals surface area contributed by atoms with Gasteiger partial charge in [0.25, 0.3) is 6.71 Å². The lowest BCUT2D eigenvalue weighted by molar-refractivity contribution is 0.195. The van der Waals surface area contributed by atoms with Crippen LogP contribution in [0.2, 0.25) is 0 Å². The van der Waals surface area contributed by atoms with Gasteiger partial charge < -0.3 is 19.1 Å². The summed E-state index contributed by atoms with van der Waals surface area (Å²) in [4.78, 5) is 7.98. The molecule has 0 radical (unpaired) electrons. The first-order chi connectivity index (χ1) is 35.2. The van der Waals surface area contributed by atoms with Crippen LogP contribution < -0.4 is 31.1 Å². The first-order valence-corrected chi connectivity index (χ1v) is 27.3. The summed E-state index contributed by atoms with van der Waals surface area (Å²) in [5, 5.41) is 2.28. The van der Waals surface area contributed by atoms with E-state index in [2.05, 4.69) is 256 Å². The number of benzene rings is 8. The quantitative estimate of drug-likeness (QED) is 0.164. The van der Waals surface area contributed by atoms with Gasteiger partial charge in [-0.1, -0.05) is 167 Å². The summed E-state index contributed by atoms with van der Waals surface area (Å²) in [6, 6.07) is 60.9. The van der Waals surface area contributed by atoms with Gasteiger partial charge in [0.15, 0.2) is 0 Å². The van der Waals surface area contributed by atoms with Gasteiger partial charge in [-0.15, -0.1) is 0 Å².